The average molecular weight is 234 g/mol. The van der Waals surface area contributed by atoms with E-state index in [-0.39, 0.29) is 18.8 Å². The van der Waals surface area contributed by atoms with Gasteiger partial charge in [-0.3, -0.25) is 9.59 Å². The smallest absolute Gasteiger partial charge is 0.314 e. The molecular weight excluding hydrogens is 220 g/mol. The average Bonchev–Trinajstić information content (AvgIpc) is 2.80. The van der Waals surface area contributed by atoms with Crippen molar-refractivity contribution in [1.29, 1.82) is 0 Å². The van der Waals surface area contributed by atoms with Crippen LogP contribution in [0.3, 0.4) is 0 Å². The number of furan rings is 1. The highest BCUT2D eigenvalue weighted by Gasteiger charge is 2.38. The maximum Gasteiger partial charge on any atom is 0.314 e. The molecule has 0 radical (unpaired) electrons. The summed E-state index contributed by atoms with van der Waals surface area (Å²) in [4.78, 5) is 22.4. The summed E-state index contributed by atoms with van der Waals surface area (Å²) in [7, 11) is 0. The zero-order valence-electron chi connectivity index (χ0n) is 9.64. The van der Waals surface area contributed by atoms with E-state index in [9.17, 15) is 9.59 Å². The van der Waals surface area contributed by atoms with Crippen LogP contribution in [0.4, 0.5) is 0 Å². The molecule has 0 amide bonds. The van der Waals surface area contributed by atoms with Crippen molar-refractivity contribution in [2.45, 2.75) is 38.0 Å². The van der Waals surface area contributed by atoms with Gasteiger partial charge in [0, 0.05) is 11.8 Å². The van der Waals surface area contributed by atoms with Crippen molar-refractivity contribution in [3.63, 3.8) is 0 Å². The molecule has 2 aliphatic rings. The number of hydrogen-bond acceptors (Lipinski definition) is 4. The molecule has 1 aliphatic heterocycles. The Morgan fingerprint density at radius 1 is 1.12 bits per heavy atom. The van der Waals surface area contributed by atoms with Gasteiger partial charge in [-0.1, -0.05) is 6.92 Å². The second kappa shape index (κ2) is 3.72. The molecule has 0 N–H and O–H groups in total. The zero-order valence-corrected chi connectivity index (χ0v) is 9.64. The summed E-state index contributed by atoms with van der Waals surface area (Å²) < 4.78 is 10.3. The first-order valence-corrected chi connectivity index (χ1v) is 5.96. The molecule has 2 fully saturated rings. The van der Waals surface area contributed by atoms with Crippen LogP contribution in [0.1, 0.15) is 49.5 Å². The van der Waals surface area contributed by atoms with Crippen LogP contribution in [0.15, 0.2) is 16.5 Å². The Labute approximate surface area is 98.9 Å². The van der Waals surface area contributed by atoms with Gasteiger partial charge < -0.3 is 9.15 Å². The molecule has 3 rings (SSSR count). The number of ether oxygens (including phenoxy) is 1. The number of hydrogen-bond donors (Lipinski definition) is 0. The zero-order chi connectivity index (χ0) is 12.0. The Balaban J connectivity index is 1.77. The fourth-order valence-corrected chi connectivity index (χ4v) is 2.39. The van der Waals surface area contributed by atoms with E-state index in [0.29, 0.717) is 11.8 Å². The minimum Gasteiger partial charge on any atom is -0.465 e. The van der Waals surface area contributed by atoms with Gasteiger partial charge in [-0.05, 0) is 24.5 Å². The predicted molar refractivity (Wildman–Crippen MR) is 58.3 cm³/mol. The highest BCUT2D eigenvalue weighted by atomic mass is 16.6. The molecule has 0 bridgehead atoms. The van der Waals surface area contributed by atoms with Crippen LogP contribution >= 0.6 is 0 Å². The molecule has 2 unspecified atom stereocenters. The van der Waals surface area contributed by atoms with Crippen LogP contribution in [-0.2, 0) is 14.3 Å². The molecule has 1 aromatic heterocycles. The lowest BCUT2D eigenvalue weighted by molar-refractivity contribution is -0.164. The van der Waals surface area contributed by atoms with Crippen LogP contribution in [-0.4, -0.2) is 11.9 Å². The van der Waals surface area contributed by atoms with Crippen LogP contribution in [0.2, 0.25) is 0 Å². The van der Waals surface area contributed by atoms with E-state index in [1.54, 1.807) is 0 Å². The van der Waals surface area contributed by atoms with Gasteiger partial charge in [-0.15, -0.1) is 0 Å². The van der Waals surface area contributed by atoms with E-state index in [1.165, 1.54) is 6.42 Å². The van der Waals surface area contributed by atoms with E-state index in [4.69, 9.17) is 4.42 Å². The topological polar surface area (TPSA) is 56.5 Å². The monoisotopic (exact) mass is 234 g/mol. The maximum atomic E-state index is 11.2. The Morgan fingerprint density at radius 2 is 1.71 bits per heavy atom. The first kappa shape index (κ1) is 10.6. The molecule has 17 heavy (non-hydrogen) atoms. The Hall–Kier alpha value is -1.58. The number of carbonyl (C=O) groups is 2. The standard InChI is InChI=1S/C13H14O4/c1-7-4-9(7)11-3-2-10(16-11)8-5-12(14)17-13(15)6-8/h2-3,7-9H,4-6H2,1H3. The van der Waals surface area contributed by atoms with Gasteiger partial charge in [-0.25, -0.2) is 0 Å². The molecule has 1 aliphatic carbocycles. The van der Waals surface area contributed by atoms with E-state index < -0.39 is 11.9 Å². The third kappa shape index (κ3) is 1.99. The normalized spacial score (nSPS) is 29.2. The maximum absolute atomic E-state index is 11.2. The van der Waals surface area contributed by atoms with Crippen molar-refractivity contribution in [3.8, 4) is 0 Å². The van der Waals surface area contributed by atoms with Crippen molar-refractivity contribution in [2.24, 2.45) is 5.92 Å². The molecule has 1 saturated heterocycles. The molecule has 0 spiro atoms. The van der Waals surface area contributed by atoms with Gasteiger partial charge in [-0.2, -0.15) is 0 Å². The van der Waals surface area contributed by atoms with Crippen molar-refractivity contribution < 1.29 is 18.7 Å². The Morgan fingerprint density at radius 3 is 2.29 bits per heavy atom. The summed E-state index contributed by atoms with van der Waals surface area (Å²) in [5.74, 6) is 1.88. The van der Waals surface area contributed by atoms with Crippen molar-refractivity contribution >= 4 is 11.9 Å². The van der Waals surface area contributed by atoms with Gasteiger partial charge in [0.05, 0.1) is 12.8 Å². The van der Waals surface area contributed by atoms with E-state index in [1.807, 2.05) is 12.1 Å². The minimum absolute atomic E-state index is 0.147. The van der Waals surface area contributed by atoms with Gasteiger partial charge in [0.15, 0.2) is 0 Å². The molecular formula is C13H14O4. The summed E-state index contributed by atoms with van der Waals surface area (Å²) >= 11 is 0. The molecule has 2 heterocycles. The van der Waals surface area contributed by atoms with Crippen LogP contribution in [0.25, 0.3) is 0 Å². The molecule has 90 valence electrons. The molecule has 4 heteroatoms. The lowest BCUT2D eigenvalue weighted by Crippen LogP contribution is -2.23. The van der Waals surface area contributed by atoms with E-state index >= 15 is 0 Å². The lowest BCUT2D eigenvalue weighted by atomic mass is 9.97. The summed E-state index contributed by atoms with van der Waals surface area (Å²) in [6, 6.07) is 3.85. The highest BCUT2D eigenvalue weighted by molar-refractivity contribution is 5.89. The first-order valence-electron chi connectivity index (χ1n) is 5.96. The predicted octanol–water partition coefficient (Wildman–Crippen LogP) is 2.35. The molecule has 2 atom stereocenters. The largest absolute Gasteiger partial charge is 0.465 e. The number of rotatable bonds is 2. The Kier molecular flexibility index (Phi) is 2.31. The minimum atomic E-state index is -0.455. The van der Waals surface area contributed by atoms with Crippen molar-refractivity contribution in [1.82, 2.24) is 0 Å². The van der Waals surface area contributed by atoms with Gasteiger partial charge in [0.1, 0.15) is 11.5 Å². The summed E-state index contributed by atoms with van der Waals surface area (Å²) in [5.41, 5.74) is 0. The summed E-state index contributed by atoms with van der Waals surface area (Å²) in [6.45, 7) is 2.19. The molecule has 4 nitrogen and oxygen atoms in total. The van der Waals surface area contributed by atoms with Crippen LogP contribution < -0.4 is 0 Å². The summed E-state index contributed by atoms with van der Waals surface area (Å²) in [5, 5.41) is 0. The van der Waals surface area contributed by atoms with Gasteiger partial charge in [0.2, 0.25) is 0 Å². The summed E-state index contributed by atoms with van der Waals surface area (Å²) in [6.07, 6.45) is 1.64. The van der Waals surface area contributed by atoms with E-state index in [2.05, 4.69) is 11.7 Å². The highest BCUT2D eigenvalue weighted by Crippen LogP contribution is 2.48. The fraction of sp³-hybridized carbons (Fsp3) is 0.538. The third-order valence-corrected chi connectivity index (χ3v) is 3.58. The fourth-order valence-electron chi connectivity index (χ4n) is 2.39. The third-order valence-electron chi connectivity index (χ3n) is 3.58. The molecule has 1 aromatic rings. The second-order valence-corrected chi connectivity index (χ2v) is 5.01. The molecule has 1 saturated carbocycles. The number of carbonyl (C=O) groups excluding carboxylic acids is 2. The van der Waals surface area contributed by atoms with Gasteiger partial charge >= 0.3 is 11.9 Å². The van der Waals surface area contributed by atoms with Crippen molar-refractivity contribution in [3.05, 3.63) is 23.7 Å². The van der Waals surface area contributed by atoms with Crippen LogP contribution in [0.5, 0.6) is 0 Å². The lowest BCUT2D eigenvalue weighted by Gasteiger charge is -2.17. The quantitative estimate of drug-likeness (QED) is 0.582. The van der Waals surface area contributed by atoms with Crippen molar-refractivity contribution in [2.75, 3.05) is 0 Å². The Bertz CT molecular complexity index is 458. The number of esters is 2. The van der Waals surface area contributed by atoms with Crippen LogP contribution in [0, 0.1) is 5.92 Å². The molecule has 0 aromatic carbocycles. The number of cyclic esters (lactones) is 2. The SMILES string of the molecule is CC1CC1c1ccc(C2CC(=O)OC(=O)C2)o1. The first-order chi connectivity index (χ1) is 8.13. The second-order valence-electron chi connectivity index (χ2n) is 5.01. The van der Waals surface area contributed by atoms with Gasteiger partial charge in [0.25, 0.3) is 0 Å². The van der Waals surface area contributed by atoms with E-state index in [0.717, 1.165) is 11.5 Å².